The lowest BCUT2D eigenvalue weighted by atomic mass is 10.2. The number of amides is 1. The molecular formula is C17H18BrN3OS. The molecule has 1 unspecified atom stereocenters. The molecule has 23 heavy (non-hydrogen) atoms. The smallest absolute Gasteiger partial charge is 0.272 e. The van der Waals surface area contributed by atoms with Gasteiger partial charge in [0.05, 0.1) is 0 Å². The molecule has 1 aliphatic heterocycles. The van der Waals surface area contributed by atoms with E-state index in [0.29, 0.717) is 11.7 Å². The summed E-state index contributed by atoms with van der Waals surface area (Å²) in [6.45, 7) is 4.38. The van der Waals surface area contributed by atoms with Gasteiger partial charge in [-0.15, -0.1) is 0 Å². The minimum absolute atomic E-state index is 0.00930. The first kappa shape index (κ1) is 16.5. The predicted molar refractivity (Wildman–Crippen MR) is 95.9 cm³/mol. The fourth-order valence-electron chi connectivity index (χ4n) is 2.52. The van der Waals surface area contributed by atoms with Crippen LogP contribution in [0.2, 0.25) is 0 Å². The third-order valence-corrected chi connectivity index (χ3v) is 5.04. The van der Waals surface area contributed by atoms with Crippen LogP contribution in [-0.4, -0.2) is 41.5 Å². The van der Waals surface area contributed by atoms with Gasteiger partial charge >= 0.3 is 0 Å². The second-order valence-corrected chi connectivity index (χ2v) is 7.54. The minimum Gasteiger partial charge on any atom is -0.334 e. The van der Waals surface area contributed by atoms with Crippen molar-refractivity contribution in [1.82, 2.24) is 15.2 Å². The predicted octanol–water partition coefficient (Wildman–Crippen LogP) is 3.43. The number of carbonyl (C=O) groups is 1. The van der Waals surface area contributed by atoms with Crippen LogP contribution in [0.1, 0.15) is 17.4 Å². The molecule has 0 aliphatic carbocycles. The van der Waals surface area contributed by atoms with Gasteiger partial charge in [0.15, 0.2) is 0 Å². The number of hydrogen-bond acceptors (Lipinski definition) is 4. The molecule has 1 aliphatic rings. The van der Waals surface area contributed by atoms with Crippen molar-refractivity contribution in [2.45, 2.75) is 22.9 Å². The third-order valence-electron chi connectivity index (χ3n) is 3.62. The maximum absolute atomic E-state index is 12.6. The number of benzene rings is 1. The van der Waals surface area contributed by atoms with Crippen LogP contribution in [0.4, 0.5) is 0 Å². The van der Waals surface area contributed by atoms with E-state index in [1.54, 1.807) is 17.8 Å². The molecule has 2 heterocycles. The zero-order valence-corrected chi connectivity index (χ0v) is 15.2. The average molecular weight is 392 g/mol. The van der Waals surface area contributed by atoms with Crippen molar-refractivity contribution in [3.63, 3.8) is 0 Å². The minimum atomic E-state index is 0.00930. The summed E-state index contributed by atoms with van der Waals surface area (Å²) < 4.78 is 1.03. The molecular weight excluding hydrogens is 374 g/mol. The second-order valence-electron chi connectivity index (χ2n) is 5.53. The molecule has 1 amide bonds. The normalized spacial score (nSPS) is 18.0. The zero-order valence-electron chi connectivity index (χ0n) is 12.8. The van der Waals surface area contributed by atoms with Crippen molar-refractivity contribution in [3.05, 3.63) is 52.6 Å². The van der Waals surface area contributed by atoms with Crippen molar-refractivity contribution in [1.29, 1.82) is 0 Å². The lowest BCUT2D eigenvalue weighted by Gasteiger charge is -2.31. The van der Waals surface area contributed by atoms with Crippen LogP contribution >= 0.6 is 27.7 Å². The van der Waals surface area contributed by atoms with E-state index in [2.05, 4.69) is 33.2 Å². The standard InChI is InChI=1S/C17H18BrN3OS/c1-12-11-21(9-8-19-12)17(22)15-6-3-7-16(20-15)23-14-5-2-4-13(18)10-14/h2-7,10,12,19H,8-9,11H2,1H3. The van der Waals surface area contributed by atoms with E-state index in [9.17, 15) is 4.79 Å². The van der Waals surface area contributed by atoms with E-state index in [0.717, 1.165) is 34.0 Å². The molecule has 120 valence electrons. The van der Waals surface area contributed by atoms with Gasteiger partial charge < -0.3 is 10.2 Å². The largest absolute Gasteiger partial charge is 0.334 e. The van der Waals surface area contributed by atoms with E-state index in [1.807, 2.05) is 41.3 Å². The third kappa shape index (κ3) is 4.34. The molecule has 2 aromatic rings. The second kappa shape index (κ2) is 7.47. The number of carbonyl (C=O) groups excluding carboxylic acids is 1. The summed E-state index contributed by atoms with van der Waals surface area (Å²) in [6.07, 6.45) is 0. The summed E-state index contributed by atoms with van der Waals surface area (Å²) in [7, 11) is 0. The van der Waals surface area contributed by atoms with Gasteiger partial charge in [-0.3, -0.25) is 4.79 Å². The molecule has 3 rings (SSSR count). The van der Waals surface area contributed by atoms with Crippen LogP contribution in [0.25, 0.3) is 0 Å². The molecule has 1 saturated heterocycles. The first-order valence-corrected chi connectivity index (χ1v) is 9.16. The number of nitrogens with one attached hydrogen (secondary N) is 1. The fraction of sp³-hybridized carbons (Fsp3) is 0.294. The first-order chi connectivity index (χ1) is 11.1. The van der Waals surface area contributed by atoms with Crippen molar-refractivity contribution in [3.8, 4) is 0 Å². The van der Waals surface area contributed by atoms with E-state index < -0.39 is 0 Å². The van der Waals surface area contributed by atoms with Gasteiger partial charge in [-0.25, -0.2) is 4.98 Å². The Bertz CT molecular complexity index is 710. The van der Waals surface area contributed by atoms with Crippen LogP contribution in [0, 0.1) is 0 Å². The maximum atomic E-state index is 12.6. The monoisotopic (exact) mass is 391 g/mol. The Labute approximate surface area is 148 Å². The summed E-state index contributed by atoms with van der Waals surface area (Å²) in [6, 6.07) is 14.0. The molecule has 6 heteroatoms. The van der Waals surface area contributed by atoms with Crippen LogP contribution in [0.15, 0.2) is 56.9 Å². The van der Waals surface area contributed by atoms with Crippen LogP contribution in [0.5, 0.6) is 0 Å². The number of piperazine rings is 1. The topological polar surface area (TPSA) is 45.2 Å². The van der Waals surface area contributed by atoms with E-state index in [4.69, 9.17) is 0 Å². The highest BCUT2D eigenvalue weighted by atomic mass is 79.9. The Hall–Kier alpha value is -1.37. The summed E-state index contributed by atoms with van der Waals surface area (Å²) in [5, 5.41) is 4.18. The molecule has 0 radical (unpaired) electrons. The van der Waals surface area contributed by atoms with Crippen LogP contribution < -0.4 is 5.32 Å². The lowest BCUT2D eigenvalue weighted by molar-refractivity contribution is 0.0702. The Kier molecular flexibility index (Phi) is 5.35. The highest BCUT2D eigenvalue weighted by molar-refractivity contribution is 9.10. The van der Waals surface area contributed by atoms with Gasteiger partial charge in [0.2, 0.25) is 0 Å². The van der Waals surface area contributed by atoms with Gasteiger partial charge in [0, 0.05) is 35.0 Å². The Morgan fingerprint density at radius 1 is 1.35 bits per heavy atom. The van der Waals surface area contributed by atoms with Gasteiger partial charge in [0.25, 0.3) is 5.91 Å². The number of nitrogens with zero attached hydrogens (tertiary/aromatic N) is 2. The quantitative estimate of drug-likeness (QED) is 0.870. The highest BCUT2D eigenvalue weighted by Gasteiger charge is 2.22. The fourth-order valence-corrected chi connectivity index (χ4v) is 3.94. The molecule has 0 bridgehead atoms. The number of pyridine rings is 1. The maximum Gasteiger partial charge on any atom is 0.272 e. The van der Waals surface area contributed by atoms with Crippen molar-refractivity contribution >= 4 is 33.6 Å². The lowest BCUT2D eigenvalue weighted by Crippen LogP contribution is -2.51. The molecule has 0 saturated carbocycles. The van der Waals surface area contributed by atoms with Crippen LogP contribution in [-0.2, 0) is 0 Å². The van der Waals surface area contributed by atoms with E-state index >= 15 is 0 Å². The molecule has 1 atom stereocenters. The molecule has 0 spiro atoms. The molecule has 4 nitrogen and oxygen atoms in total. The first-order valence-electron chi connectivity index (χ1n) is 7.55. The SMILES string of the molecule is CC1CN(C(=O)c2cccc(Sc3cccc(Br)c3)n2)CCN1. The summed E-state index contributed by atoms with van der Waals surface area (Å²) >= 11 is 5.03. The number of hydrogen-bond donors (Lipinski definition) is 1. The van der Waals surface area contributed by atoms with Crippen molar-refractivity contribution < 1.29 is 4.79 Å². The number of halogens is 1. The van der Waals surface area contributed by atoms with Gasteiger partial charge in [-0.1, -0.05) is 39.8 Å². The summed E-state index contributed by atoms with van der Waals surface area (Å²) in [4.78, 5) is 20.1. The Morgan fingerprint density at radius 3 is 2.96 bits per heavy atom. The highest BCUT2D eigenvalue weighted by Crippen LogP contribution is 2.28. The molecule has 1 aromatic carbocycles. The summed E-state index contributed by atoms with van der Waals surface area (Å²) in [5.74, 6) is 0.00930. The molecule has 1 fully saturated rings. The number of rotatable bonds is 3. The van der Waals surface area contributed by atoms with Gasteiger partial charge in [-0.2, -0.15) is 0 Å². The Balaban J connectivity index is 1.75. The molecule has 1 N–H and O–H groups in total. The van der Waals surface area contributed by atoms with Gasteiger partial charge in [-0.05, 0) is 37.3 Å². The average Bonchev–Trinajstić information content (AvgIpc) is 2.54. The van der Waals surface area contributed by atoms with Crippen LogP contribution in [0.3, 0.4) is 0 Å². The van der Waals surface area contributed by atoms with Crippen molar-refractivity contribution in [2.24, 2.45) is 0 Å². The van der Waals surface area contributed by atoms with E-state index in [1.165, 1.54) is 0 Å². The summed E-state index contributed by atoms with van der Waals surface area (Å²) in [5.41, 5.74) is 0.513. The van der Waals surface area contributed by atoms with Crippen molar-refractivity contribution in [2.75, 3.05) is 19.6 Å². The van der Waals surface area contributed by atoms with Gasteiger partial charge in [0.1, 0.15) is 10.7 Å². The van der Waals surface area contributed by atoms with E-state index in [-0.39, 0.29) is 5.91 Å². The Morgan fingerprint density at radius 2 is 2.17 bits per heavy atom. The zero-order chi connectivity index (χ0) is 16.2. The number of aromatic nitrogens is 1. The molecule has 1 aromatic heterocycles.